The second kappa shape index (κ2) is 4.29. The summed E-state index contributed by atoms with van der Waals surface area (Å²) in [5, 5.41) is 13.0. The van der Waals surface area contributed by atoms with Crippen molar-refractivity contribution in [3.05, 3.63) is 23.2 Å². The van der Waals surface area contributed by atoms with Gasteiger partial charge in [0, 0.05) is 12.3 Å². The van der Waals surface area contributed by atoms with Crippen LogP contribution in [0, 0.1) is 0 Å². The Morgan fingerprint density at radius 2 is 2.33 bits per heavy atom. The van der Waals surface area contributed by atoms with Crippen molar-refractivity contribution in [2.45, 2.75) is 25.5 Å². The quantitative estimate of drug-likeness (QED) is 0.764. The van der Waals surface area contributed by atoms with E-state index in [9.17, 15) is 5.11 Å². The smallest absolute Gasteiger partial charge is 0.134 e. The highest BCUT2D eigenvalue weighted by Gasteiger charge is 2.23. The maximum atomic E-state index is 9.27. The fourth-order valence-corrected chi connectivity index (χ4v) is 1.91. The van der Waals surface area contributed by atoms with Crippen molar-refractivity contribution in [2.24, 2.45) is 0 Å². The van der Waals surface area contributed by atoms with Gasteiger partial charge in [0.15, 0.2) is 0 Å². The van der Waals surface area contributed by atoms with Crippen molar-refractivity contribution < 1.29 is 9.84 Å². The van der Waals surface area contributed by atoms with Gasteiger partial charge < -0.3 is 15.2 Å². The van der Waals surface area contributed by atoms with Crippen LogP contribution >= 0.6 is 11.6 Å². The third-order valence-corrected chi connectivity index (χ3v) is 2.98. The van der Waals surface area contributed by atoms with Gasteiger partial charge >= 0.3 is 0 Å². The van der Waals surface area contributed by atoms with E-state index in [1.807, 2.05) is 13.0 Å². The first-order valence-electron chi connectivity index (χ1n) is 5.03. The van der Waals surface area contributed by atoms with Crippen LogP contribution in [-0.2, 0) is 4.74 Å². The molecular weight excluding hydrogens is 214 g/mol. The molecule has 82 valence electrons. The monoisotopic (exact) mass is 227 g/mol. The molecule has 0 spiro atoms. The normalized spacial score (nSPS) is 25.5. The maximum absolute atomic E-state index is 9.27. The number of halogens is 1. The molecule has 1 aromatic rings. The topological polar surface area (TPSA) is 41.5 Å². The number of ether oxygens (including phenoxy) is 1. The van der Waals surface area contributed by atoms with Crippen molar-refractivity contribution >= 4 is 17.3 Å². The van der Waals surface area contributed by atoms with Gasteiger partial charge in [-0.3, -0.25) is 0 Å². The molecule has 1 fully saturated rings. The van der Waals surface area contributed by atoms with E-state index in [0.29, 0.717) is 11.1 Å². The van der Waals surface area contributed by atoms with E-state index in [0.717, 1.165) is 18.7 Å². The second-order valence-electron chi connectivity index (χ2n) is 3.78. The van der Waals surface area contributed by atoms with E-state index in [-0.39, 0.29) is 11.9 Å². The van der Waals surface area contributed by atoms with Gasteiger partial charge in [-0.05, 0) is 31.5 Å². The van der Waals surface area contributed by atoms with Gasteiger partial charge in [-0.2, -0.15) is 0 Å². The van der Waals surface area contributed by atoms with E-state index in [1.54, 1.807) is 12.1 Å². The van der Waals surface area contributed by atoms with Gasteiger partial charge in [0.2, 0.25) is 0 Å². The standard InChI is InChI=1S/C11H14ClNO2/c1-7-10(4-5-15-7)13-8-2-3-11(14)9(12)6-8/h2-3,6-7,10,13-14H,4-5H2,1H3. The van der Waals surface area contributed by atoms with Gasteiger partial charge in [0.25, 0.3) is 0 Å². The van der Waals surface area contributed by atoms with Crippen LogP contribution in [0.25, 0.3) is 0 Å². The molecule has 1 aliphatic heterocycles. The zero-order chi connectivity index (χ0) is 10.8. The highest BCUT2D eigenvalue weighted by atomic mass is 35.5. The Balaban J connectivity index is 2.07. The first-order valence-corrected chi connectivity index (χ1v) is 5.41. The van der Waals surface area contributed by atoms with Crippen LogP contribution in [-0.4, -0.2) is 23.9 Å². The van der Waals surface area contributed by atoms with Gasteiger partial charge in [-0.25, -0.2) is 0 Å². The Hall–Kier alpha value is -0.930. The molecule has 0 aliphatic carbocycles. The zero-order valence-corrected chi connectivity index (χ0v) is 9.29. The predicted molar refractivity (Wildman–Crippen MR) is 60.6 cm³/mol. The van der Waals surface area contributed by atoms with Gasteiger partial charge in [0.1, 0.15) is 5.75 Å². The number of hydrogen-bond acceptors (Lipinski definition) is 3. The summed E-state index contributed by atoms with van der Waals surface area (Å²) in [4.78, 5) is 0. The fraction of sp³-hybridized carbons (Fsp3) is 0.455. The largest absolute Gasteiger partial charge is 0.506 e. The molecule has 0 saturated carbocycles. The summed E-state index contributed by atoms with van der Waals surface area (Å²) in [6.45, 7) is 2.84. The van der Waals surface area contributed by atoms with Crippen LogP contribution in [0.2, 0.25) is 5.02 Å². The minimum Gasteiger partial charge on any atom is -0.506 e. The number of anilines is 1. The molecule has 1 aliphatic rings. The maximum Gasteiger partial charge on any atom is 0.134 e. The summed E-state index contributed by atoms with van der Waals surface area (Å²) in [5.74, 6) is 0.109. The Morgan fingerprint density at radius 3 is 2.93 bits per heavy atom. The highest BCUT2D eigenvalue weighted by Crippen LogP contribution is 2.27. The highest BCUT2D eigenvalue weighted by molar-refractivity contribution is 6.32. The van der Waals surface area contributed by atoms with Crippen molar-refractivity contribution in [3.8, 4) is 5.75 Å². The average Bonchev–Trinajstić information content (AvgIpc) is 2.59. The number of rotatable bonds is 2. The van der Waals surface area contributed by atoms with Crippen LogP contribution in [0.3, 0.4) is 0 Å². The van der Waals surface area contributed by atoms with Gasteiger partial charge in [-0.15, -0.1) is 0 Å². The molecule has 4 heteroatoms. The Bertz CT molecular complexity index is 356. The van der Waals surface area contributed by atoms with E-state index < -0.39 is 0 Å². The predicted octanol–water partition coefficient (Wildman–Crippen LogP) is 2.63. The second-order valence-corrected chi connectivity index (χ2v) is 4.19. The minimum absolute atomic E-state index is 0.109. The van der Waals surface area contributed by atoms with Crippen LogP contribution in [0.15, 0.2) is 18.2 Å². The number of aromatic hydroxyl groups is 1. The summed E-state index contributed by atoms with van der Waals surface area (Å²) in [5.41, 5.74) is 0.917. The summed E-state index contributed by atoms with van der Waals surface area (Å²) >= 11 is 5.81. The summed E-state index contributed by atoms with van der Waals surface area (Å²) in [6, 6.07) is 5.45. The van der Waals surface area contributed by atoms with Crippen molar-refractivity contribution in [3.63, 3.8) is 0 Å². The molecule has 1 saturated heterocycles. The SMILES string of the molecule is CC1OCCC1Nc1ccc(O)c(Cl)c1. The van der Waals surface area contributed by atoms with Crippen molar-refractivity contribution in [1.29, 1.82) is 0 Å². The molecule has 2 N–H and O–H groups in total. The lowest BCUT2D eigenvalue weighted by Gasteiger charge is -2.17. The summed E-state index contributed by atoms with van der Waals surface area (Å²) in [6.07, 6.45) is 1.22. The van der Waals surface area contributed by atoms with E-state index in [1.165, 1.54) is 0 Å². The van der Waals surface area contributed by atoms with Crippen molar-refractivity contribution in [1.82, 2.24) is 0 Å². The lowest BCUT2D eigenvalue weighted by molar-refractivity contribution is 0.121. The minimum atomic E-state index is 0.109. The first kappa shape index (κ1) is 10.6. The van der Waals surface area contributed by atoms with Crippen LogP contribution in [0.1, 0.15) is 13.3 Å². The molecule has 15 heavy (non-hydrogen) atoms. The Kier molecular flexibility index (Phi) is 3.03. The van der Waals surface area contributed by atoms with E-state index >= 15 is 0 Å². The van der Waals surface area contributed by atoms with Crippen LogP contribution < -0.4 is 5.32 Å². The Labute approximate surface area is 94.0 Å². The molecule has 0 radical (unpaired) electrons. The summed E-state index contributed by atoms with van der Waals surface area (Å²) in [7, 11) is 0. The van der Waals surface area contributed by atoms with E-state index in [4.69, 9.17) is 16.3 Å². The van der Waals surface area contributed by atoms with E-state index in [2.05, 4.69) is 5.32 Å². The molecule has 1 aromatic carbocycles. The average molecular weight is 228 g/mol. The molecule has 2 unspecified atom stereocenters. The Morgan fingerprint density at radius 1 is 1.53 bits per heavy atom. The molecule has 2 atom stereocenters. The lowest BCUT2D eigenvalue weighted by Crippen LogP contribution is -2.26. The molecule has 0 bridgehead atoms. The number of phenols is 1. The van der Waals surface area contributed by atoms with Crippen LogP contribution in [0.4, 0.5) is 5.69 Å². The number of hydrogen-bond donors (Lipinski definition) is 2. The molecular formula is C11H14ClNO2. The number of nitrogens with one attached hydrogen (secondary N) is 1. The van der Waals surface area contributed by atoms with Gasteiger partial charge in [0.05, 0.1) is 17.2 Å². The first-order chi connectivity index (χ1) is 7.16. The summed E-state index contributed by atoms with van der Waals surface area (Å²) < 4.78 is 5.45. The zero-order valence-electron chi connectivity index (χ0n) is 8.53. The molecule has 3 nitrogen and oxygen atoms in total. The lowest BCUT2D eigenvalue weighted by atomic mass is 10.1. The third kappa shape index (κ3) is 2.36. The molecule has 0 amide bonds. The number of phenolic OH excluding ortho intramolecular Hbond substituents is 1. The van der Waals surface area contributed by atoms with Crippen molar-refractivity contribution in [2.75, 3.05) is 11.9 Å². The number of benzene rings is 1. The molecule has 1 heterocycles. The third-order valence-electron chi connectivity index (χ3n) is 2.68. The molecule has 2 rings (SSSR count). The molecule has 0 aromatic heterocycles. The van der Waals surface area contributed by atoms with Gasteiger partial charge in [-0.1, -0.05) is 11.6 Å². The van der Waals surface area contributed by atoms with Crippen LogP contribution in [0.5, 0.6) is 5.75 Å². The fourth-order valence-electron chi connectivity index (χ4n) is 1.73.